The summed E-state index contributed by atoms with van der Waals surface area (Å²) in [6.45, 7) is 11.3. The lowest BCUT2D eigenvalue weighted by Gasteiger charge is -2.32. The molecule has 1 atom stereocenters. The summed E-state index contributed by atoms with van der Waals surface area (Å²) >= 11 is 0. The van der Waals surface area contributed by atoms with Crippen molar-refractivity contribution >= 4 is 27.5 Å². The molecule has 0 saturated carbocycles. The number of nitrogens with one attached hydrogen (secondary N) is 1. The minimum atomic E-state index is -4.12. The Kier molecular flexibility index (Phi) is 10.6. The fraction of sp³-hybridized carbons (Fsp3) is 0.375. The fourth-order valence-electron chi connectivity index (χ4n) is 4.44. The summed E-state index contributed by atoms with van der Waals surface area (Å²) in [5, 5.41) is 2.90. The van der Waals surface area contributed by atoms with Crippen molar-refractivity contribution in [3.8, 4) is 5.75 Å². The van der Waals surface area contributed by atoms with Crippen molar-refractivity contribution in [2.45, 2.75) is 59.0 Å². The van der Waals surface area contributed by atoms with Crippen LogP contribution >= 0.6 is 0 Å². The number of carbonyl (C=O) groups is 2. The van der Waals surface area contributed by atoms with Crippen LogP contribution in [0.3, 0.4) is 0 Å². The molecule has 3 rings (SSSR count). The highest BCUT2D eigenvalue weighted by Gasteiger charge is 2.33. The number of nitrogens with zero attached hydrogens (tertiary/aromatic N) is 2. The Balaban J connectivity index is 2.05. The lowest BCUT2D eigenvalue weighted by Crippen LogP contribution is -2.51. The zero-order valence-electron chi connectivity index (χ0n) is 25.0. The van der Waals surface area contributed by atoms with E-state index in [0.29, 0.717) is 18.0 Å². The van der Waals surface area contributed by atoms with Crippen LogP contribution < -0.4 is 14.4 Å². The van der Waals surface area contributed by atoms with E-state index in [2.05, 4.69) is 5.32 Å². The highest BCUT2D eigenvalue weighted by Crippen LogP contribution is 2.28. The van der Waals surface area contributed by atoms with E-state index < -0.39 is 28.5 Å². The molecule has 0 bridgehead atoms. The molecule has 8 nitrogen and oxygen atoms in total. The van der Waals surface area contributed by atoms with Crippen molar-refractivity contribution < 1.29 is 22.7 Å². The van der Waals surface area contributed by atoms with Gasteiger partial charge in [-0.2, -0.15) is 0 Å². The predicted molar refractivity (Wildman–Crippen MR) is 162 cm³/mol. The van der Waals surface area contributed by atoms with Gasteiger partial charge in [0, 0.05) is 13.1 Å². The van der Waals surface area contributed by atoms with Gasteiger partial charge in [0.25, 0.3) is 10.0 Å². The van der Waals surface area contributed by atoms with E-state index in [4.69, 9.17) is 4.74 Å². The molecule has 3 aromatic rings. The van der Waals surface area contributed by atoms with Gasteiger partial charge < -0.3 is 15.0 Å². The molecule has 0 aromatic heterocycles. The maximum Gasteiger partial charge on any atom is 0.264 e. The summed E-state index contributed by atoms with van der Waals surface area (Å²) in [4.78, 5) is 28.7. The first-order valence-electron chi connectivity index (χ1n) is 13.7. The topological polar surface area (TPSA) is 96.0 Å². The summed E-state index contributed by atoms with van der Waals surface area (Å²) < 4.78 is 34.5. The van der Waals surface area contributed by atoms with Gasteiger partial charge in [-0.15, -0.1) is 0 Å². The van der Waals surface area contributed by atoms with Crippen LogP contribution in [0.5, 0.6) is 5.75 Å². The summed E-state index contributed by atoms with van der Waals surface area (Å²) in [6, 6.07) is 18.4. The number of carbonyl (C=O) groups excluding carboxylic acids is 2. The lowest BCUT2D eigenvalue weighted by atomic mass is 10.1. The van der Waals surface area contributed by atoms with E-state index in [1.807, 2.05) is 58.9 Å². The molecule has 0 unspecified atom stereocenters. The van der Waals surface area contributed by atoms with Gasteiger partial charge in [0.1, 0.15) is 18.3 Å². The van der Waals surface area contributed by atoms with Gasteiger partial charge in [0.15, 0.2) is 0 Å². The molecule has 220 valence electrons. The molecule has 0 aliphatic carbocycles. The standard InChI is InChI=1S/C32H41N3O5S/c1-22(2)19-33-32(37)26(6)34(20-27-9-8-10-28(18-27)40-7)31(36)21-35(30-16-13-24(4)17-25(30)5)41(38,39)29-14-11-23(3)12-15-29/h8-18,22,26H,19-21H2,1-7H3,(H,33,37)/t26-/m1/s1. The second-order valence-corrected chi connectivity index (χ2v) is 12.7. The van der Waals surface area contributed by atoms with Crippen LogP contribution in [0.25, 0.3) is 0 Å². The van der Waals surface area contributed by atoms with Crippen molar-refractivity contribution in [3.63, 3.8) is 0 Å². The van der Waals surface area contributed by atoms with Gasteiger partial charge in [-0.3, -0.25) is 13.9 Å². The Morgan fingerprint density at radius 2 is 1.56 bits per heavy atom. The van der Waals surface area contributed by atoms with E-state index in [1.165, 1.54) is 4.90 Å². The summed E-state index contributed by atoms with van der Waals surface area (Å²) in [5.74, 6) is 0.0316. The molecule has 2 amide bonds. The third-order valence-corrected chi connectivity index (χ3v) is 8.62. The lowest BCUT2D eigenvalue weighted by molar-refractivity contribution is -0.139. The summed E-state index contributed by atoms with van der Waals surface area (Å²) in [5.41, 5.74) is 3.77. The number of methoxy groups -OCH3 is 1. The molecule has 1 N–H and O–H groups in total. The Hall–Kier alpha value is -3.85. The number of rotatable bonds is 12. The Morgan fingerprint density at radius 3 is 2.17 bits per heavy atom. The van der Waals surface area contributed by atoms with Gasteiger partial charge >= 0.3 is 0 Å². The van der Waals surface area contributed by atoms with Crippen LogP contribution in [0, 0.1) is 26.7 Å². The van der Waals surface area contributed by atoms with E-state index in [-0.39, 0.29) is 23.3 Å². The number of hydrogen-bond donors (Lipinski definition) is 1. The van der Waals surface area contributed by atoms with Crippen molar-refractivity contribution in [1.82, 2.24) is 10.2 Å². The molecular weight excluding hydrogens is 538 g/mol. The van der Waals surface area contributed by atoms with Crippen LogP contribution in [0.2, 0.25) is 0 Å². The van der Waals surface area contributed by atoms with Crippen LogP contribution in [-0.4, -0.2) is 51.4 Å². The zero-order chi connectivity index (χ0) is 30.3. The smallest absolute Gasteiger partial charge is 0.264 e. The van der Waals surface area contributed by atoms with Gasteiger partial charge in [-0.1, -0.05) is 61.4 Å². The number of aryl methyl sites for hydroxylation is 3. The average Bonchev–Trinajstić information content (AvgIpc) is 2.93. The van der Waals surface area contributed by atoms with E-state index in [1.54, 1.807) is 56.5 Å². The van der Waals surface area contributed by atoms with Crippen LogP contribution in [0.4, 0.5) is 5.69 Å². The monoisotopic (exact) mass is 579 g/mol. The highest BCUT2D eigenvalue weighted by molar-refractivity contribution is 7.92. The Labute approximate surface area is 244 Å². The molecule has 0 radical (unpaired) electrons. The van der Waals surface area contributed by atoms with Crippen LogP contribution in [0.15, 0.2) is 71.6 Å². The van der Waals surface area contributed by atoms with Crippen LogP contribution in [-0.2, 0) is 26.2 Å². The third-order valence-electron chi connectivity index (χ3n) is 6.85. The number of ether oxygens (including phenoxy) is 1. The van der Waals surface area contributed by atoms with Crippen LogP contribution in [0.1, 0.15) is 43.0 Å². The average molecular weight is 580 g/mol. The normalized spacial score (nSPS) is 12.1. The molecule has 0 aliphatic heterocycles. The SMILES string of the molecule is COc1cccc(CN(C(=O)CN(c2ccc(C)cc2C)S(=O)(=O)c2ccc(C)cc2)[C@H](C)C(=O)NCC(C)C)c1. The molecular formula is C32H41N3O5S. The second-order valence-electron chi connectivity index (χ2n) is 10.8. The Bertz CT molecular complexity index is 1470. The van der Waals surface area contributed by atoms with E-state index in [9.17, 15) is 18.0 Å². The maximum absolute atomic E-state index is 14.1. The number of anilines is 1. The first kappa shape index (κ1) is 31.7. The predicted octanol–water partition coefficient (Wildman–Crippen LogP) is 5.01. The quantitative estimate of drug-likeness (QED) is 0.326. The van der Waals surface area contributed by atoms with Gasteiger partial charge in [-0.05, 0) is 75.1 Å². The minimum absolute atomic E-state index is 0.0814. The highest BCUT2D eigenvalue weighted by atomic mass is 32.2. The zero-order valence-corrected chi connectivity index (χ0v) is 25.8. The summed E-state index contributed by atoms with van der Waals surface area (Å²) in [6.07, 6.45) is 0. The summed E-state index contributed by atoms with van der Waals surface area (Å²) in [7, 11) is -2.56. The first-order chi connectivity index (χ1) is 19.3. The maximum atomic E-state index is 14.1. The first-order valence-corrected chi connectivity index (χ1v) is 15.1. The molecule has 0 saturated heterocycles. The number of amides is 2. The fourth-order valence-corrected chi connectivity index (χ4v) is 5.92. The second kappa shape index (κ2) is 13.7. The molecule has 41 heavy (non-hydrogen) atoms. The van der Waals surface area contributed by atoms with Gasteiger partial charge in [0.05, 0.1) is 17.7 Å². The Morgan fingerprint density at radius 1 is 0.902 bits per heavy atom. The molecule has 3 aromatic carbocycles. The number of benzene rings is 3. The molecule has 0 aliphatic rings. The van der Waals surface area contributed by atoms with Crippen molar-refractivity contribution in [3.05, 3.63) is 89.0 Å². The van der Waals surface area contributed by atoms with Crippen molar-refractivity contribution in [2.75, 3.05) is 24.5 Å². The molecule has 0 spiro atoms. The van der Waals surface area contributed by atoms with Crippen molar-refractivity contribution in [1.29, 1.82) is 0 Å². The van der Waals surface area contributed by atoms with E-state index in [0.717, 1.165) is 26.6 Å². The number of sulfonamides is 1. The third kappa shape index (κ3) is 8.10. The minimum Gasteiger partial charge on any atom is -0.497 e. The van der Waals surface area contributed by atoms with Gasteiger partial charge in [-0.25, -0.2) is 8.42 Å². The molecule has 0 fully saturated rings. The largest absolute Gasteiger partial charge is 0.497 e. The molecule has 9 heteroatoms. The van der Waals surface area contributed by atoms with Gasteiger partial charge in [0.2, 0.25) is 11.8 Å². The molecule has 0 heterocycles. The van der Waals surface area contributed by atoms with E-state index >= 15 is 0 Å². The van der Waals surface area contributed by atoms with Crippen molar-refractivity contribution in [2.24, 2.45) is 5.92 Å². The number of hydrogen-bond acceptors (Lipinski definition) is 5.